The molecule has 0 aliphatic carbocycles. The third-order valence-corrected chi connectivity index (χ3v) is 3.30. The van der Waals surface area contributed by atoms with Gasteiger partial charge in [-0.3, -0.25) is 0 Å². The molecule has 1 N–H and O–H groups in total. The Bertz CT molecular complexity index is 549. The molecule has 0 fully saturated rings. The molecule has 0 aliphatic heterocycles. The van der Waals surface area contributed by atoms with E-state index in [1.54, 1.807) is 7.11 Å². The van der Waals surface area contributed by atoms with Gasteiger partial charge in [0, 0.05) is 12.1 Å². The maximum Gasteiger partial charge on any atom is 0.123 e. The lowest BCUT2D eigenvalue weighted by molar-refractivity contribution is 0.408. The minimum absolute atomic E-state index is 0.833. The fourth-order valence-corrected chi connectivity index (χ4v) is 2.24. The van der Waals surface area contributed by atoms with Crippen molar-refractivity contribution in [2.24, 2.45) is 0 Å². The molecule has 0 spiro atoms. The summed E-state index contributed by atoms with van der Waals surface area (Å²) in [5.41, 5.74) is 5.02. The molecule has 0 unspecified atom stereocenters. The SMILES string of the molecule is CCNCc1cc(-c2ccccc2C)ccc1OC. The van der Waals surface area contributed by atoms with Gasteiger partial charge >= 0.3 is 0 Å². The zero-order valence-corrected chi connectivity index (χ0v) is 11.9. The summed E-state index contributed by atoms with van der Waals surface area (Å²) < 4.78 is 5.42. The van der Waals surface area contributed by atoms with Crippen LogP contribution in [0.2, 0.25) is 0 Å². The Labute approximate surface area is 115 Å². The smallest absolute Gasteiger partial charge is 0.123 e. The highest BCUT2D eigenvalue weighted by molar-refractivity contribution is 5.68. The van der Waals surface area contributed by atoms with Gasteiger partial charge in [0.25, 0.3) is 0 Å². The maximum atomic E-state index is 5.42. The van der Waals surface area contributed by atoms with Gasteiger partial charge in [-0.15, -0.1) is 0 Å². The van der Waals surface area contributed by atoms with Gasteiger partial charge in [0.1, 0.15) is 5.75 Å². The minimum atomic E-state index is 0.833. The van der Waals surface area contributed by atoms with E-state index in [1.165, 1.54) is 22.3 Å². The van der Waals surface area contributed by atoms with Gasteiger partial charge in [-0.05, 0) is 42.3 Å². The minimum Gasteiger partial charge on any atom is -0.496 e. The summed E-state index contributed by atoms with van der Waals surface area (Å²) in [5, 5.41) is 3.35. The quantitative estimate of drug-likeness (QED) is 0.878. The third-order valence-electron chi connectivity index (χ3n) is 3.30. The predicted octanol–water partition coefficient (Wildman–Crippen LogP) is 3.78. The highest BCUT2D eigenvalue weighted by atomic mass is 16.5. The van der Waals surface area contributed by atoms with Crippen molar-refractivity contribution in [1.29, 1.82) is 0 Å². The number of hydrogen-bond acceptors (Lipinski definition) is 2. The molecule has 2 aromatic carbocycles. The molecular formula is C17H21NO. The molecule has 2 nitrogen and oxygen atoms in total. The van der Waals surface area contributed by atoms with Crippen molar-refractivity contribution in [1.82, 2.24) is 5.32 Å². The van der Waals surface area contributed by atoms with Crippen molar-refractivity contribution in [3.8, 4) is 16.9 Å². The number of nitrogens with one attached hydrogen (secondary N) is 1. The van der Waals surface area contributed by atoms with Crippen molar-refractivity contribution < 1.29 is 4.74 Å². The van der Waals surface area contributed by atoms with Crippen LogP contribution in [-0.2, 0) is 6.54 Å². The van der Waals surface area contributed by atoms with E-state index in [1.807, 2.05) is 0 Å². The first-order chi connectivity index (χ1) is 9.26. The van der Waals surface area contributed by atoms with Gasteiger partial charge < -0.3 is 10.1 Å². The van der Waals surface area contributed by atoms with Crippen molar-refractivity contribution in [2.45, 2.75) is 20.4 Å². The van der Waals surface area contributed by atoms with E-state index in [2.05, 4.69) is 61.6 Å². The van der Waals surface area contributed by atoms with E-state index in [9.17, 15) is 0 Å². The Balaban J connectivity index is 2.40. The lowest BCUT2D eigenvalue weighted by Gasteiger charge is -2.12. The number of benzene rings is 2. The Morgan fingerprint density at radius 1 is 1.11 bits per heavy atom. The van der Waals surface area contributed by atoms with Gasteiger partial charge in [0.05, 0.1) is 7.11 Å². The molecular weight excluding hydrogens is 234 g/mol. The number of methoxy groups -OCH3 is 1. The van der Waals surface area contributed by atoms with Gasteiger partial charge in [0.2, 0.25) is 0 Å². The van der Waals surface area contributed by atoms with E-state index >= 15 is 0 Å². The molecule has 0 saturated carbocycles. The van der Waals surface area contributed by atoms with E-state index in [4.69, 9.17) is 4.74 Å². The Hall–Kier alpha value is -1.80. The van der Waals surface area contributed by atoms with Crippen LogP contribution in [0.3, 0.4) is 0 Å². The van der Waals surface area contributed by atoms with Crippen molar-refractivity contribution in [2.75, 3.05) is 13.7 Å². The molecule has 0 heterocycles. The lowest BCUT2D eigenvalue weighted by atomic mass is 9.98. The summed E-state index contributed by atoms with van der Waals surface area (Å²) in [6.07, 6.45) is 0. The number of hydrogen-bond donors (Lipinski definition) is 1. The van der Waals surface area contributed by atoms with Gasteiger partial charge in [-0.2, -0.15) is 0 Å². The van der Waals surface area contributed by atoms with E-state index in [0.717, 1.165) is 18.8 Å². The number of aryl methyl sites for hydroxylation is 1. The first kappa shape index (κ1) is 13.6. The Morgan fingerprint density at radius 3 is 2.58 bits per heavy atom. The monoisotopic (exact) mass is 255 g/mol. The van der Waals surface area contributed by atoms with Crippen LogP contribution in [0.1, 0.15) is 18.1 Å². The normalized spacial score (nSPS) is 10.5. The summed E-state index contributed by atoms with van der Waals surface area (Å²) in [6.45, 7) is 6.04. The summed E-state index contributed by atoms with van der Waals surface area (Å²) in [6, 6.07) is 14.8. The summed E-state index contributed by atoms with van der Waals surface area (Å²) in [7, 11) is 1.72. The van der Waals surface area contributed by atoms with Gasteiger partial charge in [0.15, 0.2) is 0 Å². The average Bonchev–Trinajstić information content (AvgIpc) is 2.45. The molecule has 2 heteroatoms. The molecule has 0 saturated heterocycles. The number of rotatable bonds is 5. The predicted molar refractivity (Wildman–Crippen MR) is 80.5 cm³/mol. The van der Waals surface area contributed by atoms with Crippen molar-refractivity contribution in [3.63, 3.8) is 0 Å². The van der Waals surface area contributed by atoms with Crippen LogP contribution in [0.5, 0.6) is 5.75 Å². The Kier molecular flexibility index (Phi) is 4.58. The van der Waals surface area contributed by atoms with Crippen LogP contribution in [0, 0.1) is 6.92 Å². The first-order valence-electron chi connectivity index (χ1n) is 6.70. The van der Waals surface area contributed by atoms with E-state index in [0.29, 0.717) is 0 Å². The third kappa shape index (κ3) is 3.15. The van der Waals surface area contributed by atoms with E-state index in [-0.39, 0.29) is 0 Å². The van der Waals surface area contributed by atoms with Gasteiger partial charge in [-0.25, -0.2) is 0 Å². The second-order valence-electron chi connectivity index (χ2n) is 4.62. The van der Waals surface area contributed by atoms with Crippen LogP contribution >= 0.6 is 0 Å². The van der Waals surface area contributed by atoms with Crippen LogP contribution < -0.4 is 10.1 Å². The Morgan fingerprint density at radius 2 is 1.89 bits per heavy atom. The first-order valence-corrected chi connectivity index (χ1v) is 6.70. The van der Waals surface area contributed by atoms with E-state index < -0.39 is 0 Å². The molecule has 0 aliphatic rings. The lowest BCUT2D eigenvalue weighted by Crippen LogP contribution is -2.12. The fraction of sp³-hybridized carbons (Fsp3) is 0.294. The zero-order valence-electron chi connectivity index (χ0n) is 11.9. The zero-order chi connectivity index (χ0) is 13.7. The van der Waals surface area contributed by atoms with Crippen molar-refractivity contribution >= 4 is 0 Å². The van der Waals surface area contributed by atoms with Crippen LogP contribution in [-0.4, -0.2) is 13.7 Å². The molecule has 0 radical (unpaired) electrons. The standard InChI is InChI=1S/C17H21NO/c1-4-18-12-15-11-14(9-10-17(15)19-3)16-8-6-5-7-13(16)2/h5-11,18H,4,12H2,1-3H3. The van der Waals surface area contributed by atoms with Crippen molar-refractivity contribution in [3.05, 3.63) is 53.6 Å². The largest absolute Gasteiger partial charge is 0.496 e. The number of ether oxygens (including phenoxy) is 1. The second-order valence-corrected chi connectivity index (χ2v) is 4.62. The highest BCUT2D eigenvalue weighted by Crippen LogP contribution is 2.28. The summed E-state index contributed by atoms with van der Waals surface area (Å²) in [4.78, 5) is 0. The molecule has 2 rings (SSSR count). The molecule has 0 aromatic heterocycles. The molecule has 0 atom stereocenters. The molecule has 2 aromatic rings. The molecule has 19 heavy (non-hydrogen) atoms. The summed E-state index contributed by atoms with van der Waals surface area (Å²) >= 11 is 0. The topological polar surface area (TPSA) is 21.3 Å². The van der Waals surface area contributed by atoms with Crippen LogP contribution in [0.15, 0.2) is 42.5 Å². The highest BCUT2D eigenvalue weighted by Gasteiger charge is 2.07. The molecule has 0 amide bonds. The van der Waals surface area contributed by atoms with Crippen LogP contribution in [0.25, 0.3) is 11.1 Å². The maximum absolute atomic E-state index is 5.42. The van der Waals surface area contributed by atoms with Crippen LogP contribution in [0.4, 0.5) is 0 Å². The average molecular weight is 255 g/mol. The van der Waals surface area contributed by atoms with Gasteiger partial charge in [-0.1, -0.05) is 37.3 Å². The second kappa shape index (κ2) is 6.39. The fourth-order valence-electron chi connectivity index (χ4n) is 2.24. The molecule has 0 bridgehead atoms. The molecule has 100 valence electrons. The summed E-state index contributed by atoms with van der Waals surface area (Å²) in [5.74, 6) is 0.943.